The molecule has 0 aromatic heterocycles. The Morgan fingerprint density at radius 3 is 2.44 bits per heavy atom. The molecule has 0 heterocycles. The van der Waals surface area contributed by atoms with E-state index >= 15 is 0 Å². The Morgan fingerprint density at radius 1 is 1.12 bits per heavy atom. The maximum Gasteiger partial charge on any atom is 0.311 e. The number of hydrogen-bond donors (Lipinski definition) is 1. The summed E-state index contributed by atoms with van der Waals surface area (Å²) in [6.07, 6.45) is -0.792. The number of hydrogen-bond acceptors (Lipinski definition) is 4. The molecular weight excluding hydrogens is 342 g/mol. The van der Waals surface area contributed by atoms with Crippen molar-refractivity contribution in [1.29, 1.82) is 0 Å². The zero-order chi connectivity index (χ0) is 18.2. The molecule has 1 atom stereocenters. The van der Waals surface area contributed by atoms with Crippen LogP contribution in [0.2, 0.25) is 5.02 Å². The summed E-state index contributed by atoms with van der Waals surface area (Å²) in [7, 11) is 1.58. The lowest BCUT2D eigenvalue weighted by molar-refractivity contribution is -0.154. The van der Waals surface area contributed by atoms with Gasteiger partial charge in [0.2, 0.25) is 0 Å². The lowest BCUT2D eigenvalue weighted by Gasteiger charge is -2.14. The van der Waals surface area contributed by atoms with Gasteiger partial charge in [0, 0.05) is 11.6 Å². The molecule has 2 aromatic carbocycles. The van der Waals surface area contributed by atoms with Crippen LogP contribution in [0.5, 0.6) is 5.75 Å². The molecule has 5 nitrogen and oxygen atoms in total. The first-order chi connectivity index (χ1) is 12.0. The molecule has 0 radical (unpaired) electrons. The highest BCUT2D eigenvalue weighted by atomic mass is 35.5. The lowest BCUT2D eigenvalue weighted by Crippen LogP contribution is -2.35. The summed E-state index contributed by atoms with van der Waals surface area (Å²) in [5, 5.41) is 3.28. The lowest BCUT2D eigenvalue weighted by atomic mass is 10.1. The van der Waals surface area contributed by atoms with Crippen molar-refractivity contribution in [3.05, 3.63) is 64.7 Å². The third-order valence-electron chi connectivity index (χ3n) is 3.60. The Morgan fingerprint density at radius 2 is 1.80 bits per heavy atom. The van der Waals surface area contributed by atoms with E-state index in [9.17, 15) is 9.59 Å². The number of nitrogens with one attached hydrogen (secondary N) is 1. The van der Waals surface area contributed by atoms with E-state index < -0.39 is 12.1 Å². The molecule has 0 saturated carbocycles. The minimum Gasteiger partial charge on any atom is -0.497 e. The molecule has 0 fully saturated rings. The molecule has 1 amide bonds. The molecule has 6 heteroatoms. The number of carbonyl (C=O) groups is 2. The van der Waals surface area contributed by atoms with Gasteiger partial charge in [0.05, 0.1) is 13.5 Å². The van der Waals surface area contributed by atoms with E-state index in [0.29, 0.717) is 10.8 Å². The maximum atomic E-state index is 12.1. The van der Waals surface area contributed by atoms with E-state index in [-0.39, 0.29) is 18.9 Å². The molecule has 25 heavy (non-hydrogen) atoms. The molecule has 0 aliphatic heterocycles. The van der Waals surface area contributed by atoms with Gasteiger partial charge >= 0.3 is 5.97 Å². The van der Waals surface area contributed by atoms with Crippen LogP contribution in [0.1, 0.15) is 18.1 Å². The van der Waals surface area contributed by atoms with Crippen LogP contribution in [0.15, 0.2) is 48.5 Å². The molecule has 0 aliphatic rings. The molecule has 2 aromatic rings. The molecule has 1 N–H and O–H groups in total. The van der Waals surface area contributed by atoms with Gasteiger partial charge in [-0.2, -0.15) is 0 Å². The highest BCUT2D eigenvalue weighted by Crippen LogP contribution is 2.15. The van der Waals surface area contributed by atoms with Crippen LogP contribution in [0.3, 0.4) is 0 Å². The van der Waals surface area contributed by atoms with E-state index in [1.807, 2.05) is 18.2 Å². The van der Waals surface area contributed by atoms with Crippen LogP contribution in [0.25, 0.3) is 0 Å². The summed E-state index contributed by atoms with van der Waals surface area (Å²) >= 11 is 6.04. The third kappa shape index (κ3) is 5.80. The topological polar surface area (TPSA) is 64.6 Å². The summed E-state index contributed by atoms with van der Waals surface area (Å²) in [4.78, 5) is 24.0. The van der Waals surface area contributed by atoms with E-state index in [4.69, 9.17) is 21.1 Å². The smallest absolute Gasteiger partial charge is 0.311 e. The monoisotopic (exact) mass is 361 g/mol. The summed E-state index contributed by atoms with van der Waals surface area (Å²) in [6, 6.07) is 14.3. The van der Waals surface area contributed by atoms with Crippen molar-refractivity contribution in [3.63, 3.8) is 0 Å². The van der Waals surface area contributed by atoms with Crippen LogP contribution in [0.4, 0.5) is 0 Å². The summed E-state index contributed by atoms with van der Waals surface area (Å²) in [6.45, 7) is 1.81. The number of esters is 1. The van der Waals surface area contributed by atoms with Gasteiger partial charge in [0.1, 0.15) is 5.75 Å². The fourth-order valence-corrected chi connectivity index (χ4v) is 2.37. The van der Waals surface area contributed by atoms with Crippen molar-refractivity contribution in [2.24, 2.45) is 0 Å². The minimum atomic E-state index is -0.881. The molecule has 0 bridgehead atoms. The fourth-order valence-electron chi connectivity index (χ4n) is 2.17. The Bertz CT molecular complexity index is 730. The Kier molecular flexibility index (Phi) is 6.83. The summed E-state index contributed by atoms with van der Waals surface area (Å²) in [5.41, 5.74) is 1.59. The van der Waals surface area contributed by atoms with E-state index in [1.54, 1.807) is 37.4 Å². The van der Waals surface area contributed by atoms with E-state index in [0.717, 1.165) is 11.1 Å². The molecule has 1 unspecified atom stereocenters. The maximum absolute atomic E-state index is 12.1. The van der Waals surface area contributed by atoms with Crippen molar-refractivity contribution in [2.75, 3.05) is 7.11 Å². The molecule has 0 aliphatic carbocycles. The van der Waals surface area contributed by atoms with Crippen molar-refractivity contribution in [1.82, 2.24) is 5.32 Å². The number of ether oxygens (including phenoxy) is 2. The van der Waals surface area contributed by atoms with E-state index in [2.05, 4.69) is 5.32 Å². The Labute approximate surface area is 151 Å². The Balaban J connectivity index is 1.81. The largest absolute Gasteiger partial charge is 0.497 e. The summed E-state index contributed by atoms with van der Waals surface area (Å²) < 4.78 is 10.2. The van der Waals surface area contributed by atoms with Crippen LogP contribution in [-0.2, 0) is 27.3 Å². The highest BCUT2D eigenvalue weighted by molar-refractivity contribution is 6.31. The SMILES string of the molecule is COc1ccc(CC(=O)OC(C)C(=O)NCc2ccccc2Cl)cc1. The van der Waals surface area contributed by atoms with Gasteiger partial charge in [0.15, 0.2) is 6.10 Å². The van der Waals surface area contributed by atoms with Crippen molar-refractivity contribution in [2.45, 2.75) is 26.0 Å². The minimum absolute atomic E-state index is 0.0894. The predicted octanol–water partition coefficient (Wildman–Crippen LogP) is 3.14. The number of carbonyl (C=O) groups excluding carboxylic acids is 2. The van der Waals surface area contributed by atoms with Gasteiger partial charge in [-0.1, -0.05) is 41.9 Å². The molecule has 0 saturated heterocycles. The number of amides is 1. The summed E-state index contributed by atoms with van der Waals surface area (Å²) in [5.74, 6) is -0.127. The van der Waals surface area contributed by atoms with Crippen LogP contribution >= 0.6 is 11.6 Å². The first-order valence-electron chi connectivity index (χ1n) is 7.83. The molecule has 132 valence electrons. The molecule has 0 spiro atoms. The second kappa shape index (κ2) is 9.08. The highest BCUT2D eigenvalue weighted by Gasteiger charge is 2.18. The predicted molar refractivity (Wildman–Crippen MR) is 95.6 cm³/mol. The van der Waals surface area contributed by atoms with Gasteiger partial charge in [0.25, 0.3) is 5.91 Å². The quantitative estimate of drug-likeness (QED) is 0.769. The third-order valence-corrected chi connectivity index (χ3v) is 3.96. The standard InChI is InChI=1S/C19H20ClNO4/c1-13(19(23)21-12-15-5-3-4-6-17(15)20)25-18(22)11-14-7-9-16(24-2)10-8-14/h3-10,13H,11-12H2,1-2H3,(H,21,23). The van der Waals surface area contributed by atoms with Crippen LogP contribution < -0.4 is 10.1 Å². The fraction of sp³-hybridized carbons (Fsp3) is 0.263. The molecule has 2 rings (SSSR count). The zero-order valence-electron chi connectivity index (χ0n) is 14.1. The van der Waals surface area contributed by atoms with Crippen molar-refractivity contribution < 1.29 is 19.1 Å². The zero-order valence-corrected chi connectivity index (χ0v) is 14.9. The van der Waals surface area contributed by atoms with Crippen molar-refractivity contribution >= 4 is 23.5 Å². The second-order valence-electron chi connectivity index (χ2n) is 5.47. The average Bonchev–Trinajstić information content (AvgIpc) is 2.61. The Hall–Kier alpha value is -2.53. The number of methoxy groups -OCH3 is 1. The normalized spacial score (nSPS) is 11.5. The molecular formula is C19H20ClNO4. The van der Waals surface area contributed by atoms with Crippen molar-refractivity contribution in [3.8, 4) is 5.75 Å². The first-order valence-corrected chi connectivity index (χ1v) is 8.21. The average molecular weight is 362 g/mol. The second-order valence-corrected chi connectivity index (χ2v) is 5.87. The van der Waals surface area contributed by atoms with Crippen LogP contribution in [-0.4, -0.2) is 25.1 Å². The van der Waals surface area contributed by atoms with E-state index in [1.165, 1.54) is 6.92 Å². The number of benzene rings is 2. The number of halogens is 1. The van der Waals surface area contributed by atoms with Gasteiger partial charge in [-0.25, -0.2) is 0 Å². The van der Waals surface area contributed by atoms with Crippen LogP contribution in [0, 0.1) is 0 Å². The van der Waals surface area contributed by atoms with Gasteiger partial charge in [-0.05, 0) is 36.2 Å². The van der Waals surface area contributed by atoms with Gasteiger partial charge < -0.3 is 14.8 Å². The van der Waals surface area contributed by atoms with Gasteiger partial charge in [-0.3, -0.25) is 9.59 Å². The first kappa shape index (κ1) is 18.8. The van der Waals surface area contributed by atoms with Gasteiger partial charge in [-0.15, -0.1) is 0 Å². The number of rotatable bonds is 7.